The van der Waals surface area contributed by atoms with Gasteiger partial charge in [0.2, 0.25) is 0 Å². The Labute approximate surface area is 238 Å². The Bertz CT molecular complexity index is 751. The van der Waals surface area contributed by atoms with Crippen LogP contribution in [0, 0.1) is 0 Å². The van der Waals surface area contributed by atoms with E-state index in [4.69, 9.17) is 18.9 Å². The molecule has 1 aliphatic heterocycles. The Morgan fingerprint density at radius 2 is 1.52 bits per heavy atom. The Hall–Kier alpha value is -2.08. The molecule has 4 N–H and O–H groups in total. The molecule has 0 amide bonds. The molecule has 1 heterocycles. The van der Waals surface area contributed by atoms with Gasteiger partial charge in [-0.1, -0.05) is 63.0 Å². The van der Waals surface area contributed by atoms with Crippen LogP contribution in [0.3, 0.4) is 0 Å². The average molecular weight is 571 g/mol. The summed E-state index contributed by atoms with van der Waals surface area (Å²) in [5.41, 5.74) is 0. The minimum atomic E-state index is -1.59. The van der Waals surface area contributed by atoms with Gasteiger partial charge >= 0.3 is 11.9 Å². The van der Waals surface area contributed by atoms with Crippen LogP contribution in [0.4, 0.5) is 0 Å². The van der Waals surface area contributed by atoms with Crippen molar-refractivity contribution < 1.29 is 49.0 Å². The van der Waals surface area contributed by atoms with Gasteiger partial charge in [0.05, 0.1) is 13.2 Å². The number of aliphatic hydroxyl groups excluding tert-OH is 4. The number of rotatable bonds is 22. The monoisotopic (exact) mass is 570 g/mol. The minimum Gasteiger partial charge on any atom is -0.462 e. The molecule has 10 heteroatoms. The summed E-state index contributed by atoms with van der Waals surface area (Å²) in [7, 11) is 0. The smallest absolute Gasteiger partial charge is 0.306 e. The summed E-state index contributed by atoms with van der Waals surface area (Å²) in [6.45, 7) is 4.51. The lowest BCUT2D eigenvalue weighted by Gasteiger charge is -2.39. The van der Waals surface area contributed by atoms with E-state index in [2.05, 4.69) is 30.9 Å². The van der Waals surface area contributed by atoms with Crippen LogP contribution in [-0.2, 0) is 28.5 Å². The molecule has 1 saturated heterocycles. The summed E-state index contributed by atoms with van der Waals surface area (Å²) in [5, 5.41) is 39.3. The zero-order valence-corrected chi connectivity index (χ0v) is 23.9. The van der Waals surface area contributed by atoms with Crippen LogP contribution in [0.5, 0.6) is 0 Å². The van der Waals surface area contributed by atoms with Gasteiger partial charge in [-0.15, -0.1) is 6.58 Å². The van der Waals surface area contributed by atoms with Crippen LogP contribution in [0.15, 0.2) is 37.0 Å². The molecule has 0 aromatic rings. The molecule has 0 saturated carbocycles. The van der Waals surface area contributed by atoms with Gasteiger partial charge in [0.25, 0.3) is 0 Å². The summed E-state index contributed by atoms with van der Waals surface area (Å²) in [6, 6.07) is 0. The molecule has 0 aromatic heterocycles. The van der Waals surface area contributed by atoms with E-state index in [0.717, 1.165) is 51.4 Å². The fourth-order valence-corrected chi connectivity index (χ4v) is 3.99. The molecule has 1 fully saturated rings. The van der Waals surface area contributed by atoms with Gasteiger partial charge in [0, 0.05) is 12.8 Å². The van der Waals surface area contributed by atoms with Gasteiger partial charge in [-0.05, 0) is 38.5 Å². The molecule has 6 atom stereocenters. The summed E-state index contributed by atoms with van der Waals surface area (Å²) in [6.07, 6.45) is 11.9. The lowest BCUT2D eigenvalue weighted by molar-refractivity contribution is -0.305. The Balaban J connectivity index is 2.36. The largest absolute Gasteiger partial charge is 0.462 e. The van der Waals surface area contributed by atoms with Crippen LogP contribution in [0.25, 0.3) is 0 Å². The fraction of sp³-hybridized carbons (Fsp3) is 0.733. The maximum atomic E-state index is 12.2. The molecule has 230 valence electrons. The molecule has 10 nitrogen and oxygen atoms in total. The van der Waals surface area contributed by atoms with Crippen molar-refractivity contribution in [3.8, 4) is 0 Å². The molecule has 0 bridgehead atoms. The first kappa shape index (κ1) is 35.9. The number of hydrogen-bond donors (Lipinski definition) is 4. The highest BCUT2D eigenvalue weighted by molar-refractivity contribution is 5.70. The molecule has 0 unspecified atom stereocenters. The Morgan fingerprint density at radius 1 is 0.850 bits per heavy atom. The number of esters is 2. The molecule has 40 heavy (non-hydrogen) atoms. The van der Waals surface area contributed by atoms with Gasteiger partial charge < -0.3 is 39.4 Å². The summed E-state index contributed by atoms with van der Waals surface area (Å²) in [5.74, 6) is -0.880. The number of ether oxygens (including phenoxy) is 4. The van der Waals surface area contributed by atoms with E-state index in [9.17, 15) is 30.0 Å². The van der Waals surface area contributed by atoms with Crippen molar-refractivity contribution in [2.45, 2.75) is 121 Å². The predicted molar refractivity (Wildman–Crippen MR) is 150 cm³/mol. The molecular formula is C30H50O10. The van der Waals surface area contributed by atoms with E-state index in [1.807, 2.05) is 13.0 Å². The van der Waals surface area contributed by atoms with Crippen molar-refractivity contribution in [3.05, 3.63) is 37.0 Å². The van der Waals surface area contributed by atoms with Crippen molar-refractivity contribution in [1.29, 1.82) is 0 Å². The van der Waals surface area contributed by atoms with Crippen LogP contribution in [0.2, 0.25) is 0 Å². The highest BCUT2D eigenvalue weighted by Gasteiger charge is 2.44. The highest BCUT2D eigenvalue weighted by atomic mass is 16.7. The second kappa shape index (κ2) is 22.6. The molecule has 0 radical (unpaired) electrons. The lowest BCUT2D eigenvalue weighted by atomic mass is 9.99. The van der Waals surface area contributed by atoms with Crippen molar-refractivity contribution in [2.75, 3.05) is 19.8 Å². The third kappa shape index (κ3) is 15.6. The van der Waals surface area contributed by atoms with Gasteiger partial charge in [-0.25, -0.2) is 0 Å². The van der Waals surface area contributed by atoms with Crippen LogP contribution < -0.4 is 0 Å². The highest BCUT2D eigenvalue weighted by Crippen LogP contribution is 2.22. The van der Waals surface area contributed by atoms with Crippen LogP contribution >= 0.6 is 0 Å². The van der Waals surface area contributed by atoms with Crippen molar-refractivity contribution in [3.63, 3.8) is 0 Å². The van der Waals surface area contributed by atoms with Crippen molar-refractivity contribution in [2.24, 2.45) is 0 Å². The topological polar surface area (TPSA) is 152 Å². The maximum absolute atomic E-state index is 12.2. The first-order chi connectivity index (χ1) is 19.3. The molecule has 1 aliphatic rings. The number of carbonyl (C=O) groups excluding carboxylic acids is 2. The second-order valence-electron chi connectivity index (χ2n) is 9.94. The number of carbonyl (C=O) groups is 2. The van der Waals surface area contributed by atoms with Crippen molar-refractivity contribution in [1.82, 2.24) is 0 Å². The van der Waals surface area contributed by atoms with E-state index in [1.54, 1.807) is 0 Å². The predicted octanol–water partition coefficient (Wildman–Crippen LogP) is 3.26. The quantitative estimate of drug-likeness (QED) is 0.0867. The third-order valence-electron chi connectivity index (χ3n) is 6.42. The summed E-state index contributed by atoms with van der Waals surface area (Å²) >= 11 is 0. The summed E-state index contributed by atoms with van der Waals surface area (Å²) < 4.78 is 21.5. The van der Waals surface area contributed by atoms with E-state index in [-0.39, 0.29) is 26.1 Å². The number of allylic oxidation sites excluding steroid dienone is 5. The zero-order chi connectivity index (χ0) is 29.6. The van der Waals surface area contributed by atoms with E-state index in [1.165, 1.54) is 0 Å². The standard InChI is InChI=1S/C30H50O10/c1-3-5-7-8-9-10-11-12-13-14-15-16-17-19-25(32)37-21-23(39-26(33)18-6-4-2)22-38-30-29(36)28(35)27(34)24(20-31)40-30/h3,7-8,10-11,23-24,27-31,34-36H,1,4-6,9,12-22H2,2H3/b8-7+,11-10+/t23-,24-,27+,28+,29-,30-/m1/s1. The number of hydrogen-bond acceptors (Lipinski definition) is 10. The SMILES string of the molecule is C=CC/C=C/C/C=C/CCCCCCCC(=O)OC[C@H](CO[C@@H]1O[C@H](CO)[C@H](O)[C@H](O)[C@H]1O)OC(=O)CCCC. The van der Waals surface area contributed by atoms with Crippen molar-refractivity contribution >= 4 is 11.9 Å². The van der Waals surface area contributed by atoms with Gasteiger partial charge in [-0.3, -0.25) is 9.59 Å². The molecule has 0 spiro atoms. The lowest BCUT2D eigenvalue weighted by Crippen LogP contribution is -2.59. The van der Waals surface area contributed by atoms with Gasteiger partial charge in [0.1, 0.15) is 31.0 Å². The fourth-order valence-electron chi connectivity index (χ4n) is 3.99. The Morgan fingerprint density at radius 3 is 2.25 bits per heavy atom. The van der Waals surface area contributed by atoms with E-state index >= 15 is 0 Å². The maximum Gasteiger partial charge on any atom is 0.306 e. The van der Waals surface area contributed by atoms with E-state index in [0.29, 0.717) is 12.8 Å². The zero-order valence-electron chi connectivity index (χ0n) is 23.9. The van der Waals surface area contributed by atoms with E-state index < -0.39 is 55.4 Å². The number of unbranched alkanes of at least 4 members (excludes halogenated alkanes) is 6. The summed E-state index contributed by atoms with van der Waals surface area (Å²) in [4.78, 5) is 24.4. The first-order valence-corrected chi connectivity index (χ1v) is 14.5. The van der Waals surface area contributed by atoms with Crippen LogP contribution in [0.1, 0.15) is 84.0 Å². The second-order valence-corrected chi connectivity index (χ2v) is 9.94. The minimum absolute atomic E-state index is 0.198. The molecule has 0 aromatic carbocycles. The Kier molecular flexibility index (Phi) is 20.3. The van der Waals surface area contributed by atoms with Crippen LogP contribution in [-0.4, -0.2) is 89.0 Å². The van der Waals surface area contributed by atoms with Gasteiger partial charge in [0.15, 0.2) is 12.4 Å². The average Bonchev–Trinajstić information content (AvgIpc) is 2.95. The molecule has 1 rings (SSSR count). The number of aliphatic hydroxyl groups is 4. The third-order valence-corrected chi connectivity index (χ3v) is 6.42. The van der Waals surface area contributed by atoms with Gasteiger partial charge in [-0.2, -0.15) is 0 Å². The normalized spacial score (nSPS) is 23.9. The molecular weight excluding hydrogens is 520 g/mol. The first-order valence-electron chi connectivity index (χ1n) is 14.5. The molecule has 0 aliphatic carbocycles.